The summed E-state index contributed by atoms with van der Waals surface area (Å²) in [7, 11) is 0. The van der Waals surface area contributed by atoms with Crippen molar-refractivity contribution in [2.45, 2.75) is 6.61 Å². The zero-order valence-electron chi connectivity index (χ0n) is 15.4. The van der Waals surface area contributed by atoms with Gasteiger partial charge in [-0.3, -0.25) is 4.79 Å². The number of furan rings is 1. The molecule has 148 valence electrons. The van der Waals surface area contributed by atoms with E-state index in [0.29, 0.717) is 21.0 Å². The van der Waals surface area contributed by atoms with Gasteiger partial charge < -0.3 is 14.3 Å². The number of hydrogen-bond donors (Lipinski definition) is 1. The maximum atomic E-state index is 12.8. The van der Waals surface area contributed by atoms with E-state index in [4.69, 9.17) is 14.3 Å². The molecule has 0 fully saturated rings. The van der Waals surface area contributed by atoms with Crippen molar-refractivity contribution in [2.24, 2.45) is 0 Å². The molecule has 30 heavy (non-hydrogen) atoms. The lowest BCUT2D eigenvalue weighted by molar-refractivity contribution is 0.0658. The second-order valence-corrected chi connectivity index (χ2v) is 7.57. The van der Waals surface area contributed by atoms with Gasteiger partial charge in [-0.2, -0.15) is 0 Å². The van der Waals surface area contributed by atoms with Crippen LogP contribution < -0.4 is 14.8 Å². The second-order valence-electron chi connectivity index (χ2n) is 6.56. The number of aromatic carboxylic acids is 1. The average Bonchev–Trinajstić information content (AvgIpc) is 3.43. The van der Waals surface area contributed by atoms with E-state index in [-0.39, 0.29) is 17.9 Å². The molecule has 0 aliphatic rings. The van der Waals surface area contributed by atoms with Crippen LogP contribution in [0.2, 0.25) is 0 Å². The van der Waals surface area contributed by atoms with Crippen molar-refractivity contribution in [3.05, 3.63) is 92.6 Å². The fourth-order valence-corrected chi connectivity index (χ4v) is 4.14. The molecule has 0 unspecified atom stereocenters. The van der Waals surface area contributed by atoms with Gasteiger partial charge in [-0.15, -0.1) is 0 Å². The molecule has 2 aromatic carbocycles. The van der Waals surface area contributed by atoms with Crippen molar-refractivity contribution in [3.63, 3.8) is 0 Å². The van der Waals surface area contributed by atoms with Crippen LogP contribution in [-0.2, 0) is 6.61 Å². The molecule has 0 saturated heterocycles. The van der Waals surface area contributed by atoms with Crippen LogP contribution in [-0.4, -0.2) is 20.5 Å². The predicted molar refractivity (Wildman–Crippen MR) is 112 cm³/mol. The van der Waals surface area contributed by atoms with Gasteiger partial charge in [0, 0.05) is 0 Å². The van der Waals surface area contributed by atoms with Crippen molar-refractivity contribution >= 4 is 39.4 Å². The van der Waals surface area contributed by atoms with Crippen molar-refractivity contribution in [3.8, 4) is 5.75 Å². The zero-order chi connectivity index (χ0) is 20.7. The lowest BCUT2D eigenvalue weighted by Gasteiger charge is -2.04. The molecule has 7 nitrogen and oxygen atoms in total. The van der Waals surface area contributed by atoms with Gasteiger partial charge in [0.1, 0.15) is 18.1 Å². The third-order valence-corrected chi connectivity index (χ3v) is 5.55. The molecule has 5 rings (SSSR count). The molecule has 5 aromatic rings. The van der Waals surface area contributed by atoms with Crippen LogP contribution >= 0.6 is 11.3 Å². The summed E-state index contributed by atoms with van der Waals surface area (Å²) in [6, 6.07) is 17.8. The van der Waals surface area contributed by atoms with E-state index in [2.05, 4.69) is 4.98 Å². The molecule has 0 aliphatic carbocycles. The Labute approximate surface area is 173 Å². The third kappa shape index (κ3) is 3.23. The summed E-state index contributed by atoms with van der Waals surface area (Å²) in [6.07, 6.45) is 1.83. The normalized spacial score (nSPS) is 12.1. The summed E-state index contributed by atoms with van der Waals surface area (Å²) in [5, 5.41) is 8.87. The van der Waals surface area contributed by atoms with E-state index in [1.54, 1.807) is 22.6 Å². The quantitative estimate of drug-likeness (QED) is 0.471. The summed E-state index contributed by atoms with van der Waals surface area (Å²) in [5.41, 5.74) is 2.39. The highest BCUT2D eigenvalue weighted by atomic mass is 32.1. The third-order valence-electron chi connectivity index (χ3n) is 4.58. The summed E-state index contributed by atoms with van der Waals surface area (Å²) in [6.45, 7) is 0.121. The fraction of sp³-hybridized carbons (Fsp3) is 0.0455. The molecular weight excluding hydrogens is 404 g/mol. The molecule has 0 bridgehead atoms. The van der Waals surface area contributed by atoms with Crippen LogP contribution in [0.3, 0.4) is 0 Å². The monoisotopic (exact) mass is 418 g/mol. The molecule has 8 heteroatoms. The van der Waals surface area contributed by atoms with Crippen molar-refractivity contribution in [1.29, 1.82) is 0 Å². The smallest absolute Gasteiger partial charge is 0.371 e. The molecular formula is C22H14N2O5S. The molecule has 0 amide bonds. The maximum absolute atomic E-state index is 12.8. The number of para-hydroxylation sites is 2. The first-order chi connectivity index (χ1) is 14.6. The number of aromatic nitrogens is 2. The number of rotatable bonds is 5. The summed E-state index contributed by atoms with van der Waals surface area (Å²) < 4.78 is 13.0. The first-order valence-corrected chi connectivity index (χ1v) is 9.87. The second kappa shape index (κ2) is 7.16. The van der Waals surface area contributed by atoms with Gasteiger partial charge in [0.15, 0.2) is 4.96 Å². The van der Waals surface area contributed by atoms with E-state index in [9.17, 15) is 9.59 Å². The Bertz CT molecular complexity index is 1490. The lowest BCUT2D eigenvalue weighted by atomic mass is 10.2. The van der Waals surface area contributed by atoms with Crippen LogP contribution in [0.1, 0.15) is 21.9 Å². The van der Waals surface area contributed by atoms with Crippen molar-refractivity contribution in [2.75, 3.05) is 0 Å². The number of carbonyl (C=O) groups is 1. The van der Waals surface area contributed by atoms with Crippen LogP contribution in [0.15, 0.2) is 69.9 Å². The molecule has 0 radical (unpaired) electrons. The number of benzene rings is 2. The van der Waals surface area contributed by atoms with Gasteiger partial charge in [-0.25, -0.2) is 14.2 Å². The molecule has 0 spiro atoms. The van der Waals surface area contributed by atoms with Crippen LogP contribution in [0.25, 0.3) is 22.1 Å². The first-order valence-electron chi connectivity index (χ1n) is 9.05. The Morgan fingerprint density at radius 3 is 2.70 bits per heavy atom. The van der Waals surface area contributed by atoms with Gasteiger partial charge in [-0.05, 0) is 48.0 Å². The minimum absolute atomic E-state index is 0.0870. The van der Waals surface area contributed by atoms with E-state index in [1.165, 1.54) is 17.4 Å². The molecule has 0 aliphatic heterocycles. The number of thiazole rings is 1. The van der Waals surface area contributed by atoms with Gasteiger partial charge in [-0.1, -0.05) is 35.6 Å². The number of carboxylic acids is 1. The Hall–Kier alpha value is -3.91. The van der Waals surface area contributed by atoms with Crippen LogP contribution in [0, 0.1) is 0 Å². The van der Waals surface area contributed by atoms with Gasteiger partial charge >= 0.3 is 5.97 Å². The van der Waals surface area contributed by atoms with E-state index in [0.717, 1.165) is 16.6 Å². The molecule has 0 atom stereocenters. The number of fused-ring (bicyclic) bond motifs is 3. The van der Waals surface area contributed by atoms with Gasteiger partial charge in [0.2, 0.25) is 5.76 Å². The summed E-state index contributed by atoms with van der Waals surface area (Å²) >= 11 is 1.35. The number of carboxylic acid groups (broad SMARTS) is 1. The SMILES string of the molecule is O=C(O)c1ccc(COc2ccc(/C=c3\sc4nc5ccccc5n4c3=O)cc2)o1. The van der Waals surface area contributed by atoms with Gasteiger partial charge in [0.25, 0.3) is 5.56 Å². The Morgan fingerprint density at radius 1 is 1.13 bits per heavy atom. The van der Waals surface area contributed by atoms with Crippen molar-refractivity contribution < 1.29 is 19.1 Å². The largest absolute Gasteiger partial charge is 0.486 e. The van der Waals surface area contributed by atoms with Crippen molar-refractivity contribution in [1.82, 2.24) is 9.38 Å². The lowest BCUT2D eigenvalue weighted by Crippen LogP contribution is -2.22. The summed E-state index contributed by atoms with van der Waals surface area (Å²) in [5.74, 6) is -0.210. The average molecular weight is 418 g/mol. The number of ether oxygens (including phenoxy) is 1. The molecule has 0 saturated carbocycles. The Balaban J connectivity index is 1.37. The maximum Gasteiger partial charge on any atom is 0.371 e. The van der Waals surface area contributed by atoms with E-state index < -0.39 is 5.97 Å². The first kappa shape index (κ1) is 18.1. The highest BCUT2D eigenvalue weighted by molar-refractivity contribution is 7.15. The predicted octanol–water partition coefficient (Wildman–Crippen LogP) is 3.33. The number of hydrogen-bond acceptors (Lipinski definition) is 6. The van der Waals surface area contributed by atoms with Gasteiger partial charge in [0.05, 0.1) is 15.6 Å². The number of imidazole rings is 1. The molecule has 3 aromatic heterocycles. The zero-order valence-corrected chi connectivity index (χ0v) is 16.3. The molecule has 3 heterocycles. The minimum Gasteiger partial charge on any atom is -0.486 e. The van der Waals surface area contributed by atoms with E-state index in [1.807, 2.05) is 42.5 Å². The molecule has 1 N–H and O–H groups in total. The Kier molecular flexibility index (Phi) is 4.33. The van der Waals surface area contributed by atoms with E-state index >= 15 is 0 Å². The Morgan fingerprint density at radius 2 is 1.93 bits per heavy atom. The van der Waals surface area contributed by atoms with Crippen LogP contribution in [0.4, 0.5) is 0 Å². The standard InChI is InChI=1S/C22H14N2O5S/c25-20-19(30-22-23-16-3-1-2-4-17(16)24(20)22)11-13-5-7-14(8-6-13)28-12-15-9-10-18(29-15)21(26)27/h1-11H,12H2,(H,26,27)/b19-11-. The minimum atomic E-state index is -1.12. The highest BCUT2D eigenvalue weighted by Gasteiger charge is 2.11. The topological polar surface area (TPSA) is 94.0 Å². The van der Waals surface area contributed by atoms with Crippen LogP contribution in [0.5, 0.6) is 5.75 Å². The summed E-state index contributed by atoms with van der Waals surface area (Å²) in [4.78, 5) is 28.8. The fourth-order valence-electron chi connectivity index (χ4n) is 3.15. The number of nitrogens with zero attached hydrogens (tertiary/aromatic N) is 2. The highest BCUT2D eigenvalue weighted by Crippen LogP contribution is 2.18.